The van der Waals surface area contributed by atoms with Crippen LogP contribution in [0.1, 0.15) is 39.2 Å². The predicted molar refractivity (Wildman–Crippen MR) is 108 cm³/mol. The number of carbonyl (C=O) groups excluding carboxylic acids is 2. The Morgan fingerprint density at radius 1 is 1.23 bits per heavy atom. The average Bonchev–Trinajstić information content (AvgIpc) is 3.20. The molecule has 1 atom stereocenters. The standard InChI is InChI=1S/C18H18N2O8S2/c1-4-28-14-7-10(5-6-13(14)27-2)12(9-30(3,25)26)19-16(21)11-8-29-18(20(23)24)15(11)17(19)22/h5-8,12H,4,9H2,1-3H3. The zero-order valence-corrected chi connectivity index (χ0v) is 17.9. The lowest BCUT2D eigenvalue weighted by molar-refractivity contribution is -0.380. The minimum Gasteiger partial charge on any atom is -0.493 e. The van der Waals surface area contributed by atoms with Crippen LogP contribution in [-0.4, -0.2) is 55.8 Å². The van der Waals surface area contributed by atoms with Gasteiger partial charge < -0.3 is 9.47 Å². The van der Waals surface area contributed by atoms with E-state index in [1.54, 1.807) is 6.92 Å². The quantitative estimate of drug-likeness (QED) is 0.337. The van der Waals surface area contributed by atoms with E-state index in [-0.39, 0.29) is 11.1 Å². The minimum atomic E-state index is -3.64. The third kappa shape index (κ3) is 3.87. The molecular formula is C18H18N2O8S2. The average molecular weight is 454 g/mol. The van der Waals surface area contributed by atoms with Crippen molar-refractivity contribution in [1.29, 1.82) is 0 Å². The van der Waals surface area contributed by atoms with Crippen molar-refractivity contribution in [1.82, 2.24) is 4.90 Å². The molecule has 0 aliphatic carbocycles. The summed E-state index contributed by atoms with van der Waals surface area (Å²) in [5.74, 6) is -1.52. The van der Waals surface area contributed by atoms with Gasteiger partial charge in [0, 0.05) is 11.6 Å². The summed E-state index contributed by atoms with van der Waals surface area (Å²) in [6, 6.07) is 3.37. The maximum Gasteiger partial charge on any atom is 0.337 e. The van der Waals surface area contributed by atoms with Gasteiger partial charge in [0.15, 0.2) is 11.5 Å². The van der Waals surface area contributed by atoms with E-state index in [1.165, 1.54) is 30.7 Å². The van der Waals surface area contributed by atoms with Gasteiger partial charge in [-0.05, 0) is 24.6 Å². The molecule has 1 aromatic heterocycles. The van der Waals surface area contributed by atoms with Crippen LogP contribution in [0.2, 0.25) is 0 Å². The molecule has 0 fully saturated rings. The Balaban J connectivity index is 2.12. The topological polar surface area (TPSA) is 133 Å². The van der Waals surface area contributed by atoms with Gasteiger partial charge in [-0.25, -0.2) is 8.42 Å². The Hall–Kier alpha value is -2.99. The van der Waals surface area contributed by atoms with Gasteiger partial charge in [-0.15, -0.1) is 0 Å². The molecule has 2 amide bonds. The molecule has 160 valence electrons. The van der Waals surface area contributed by atoms with Gasteiger partial charge in [0.2, 0.25) is 0 Å². The molecule has 1 aliphatic rings. The predicted octanol–water partition coefficient (Wildman–Crippen LogP) is 2.45. The molecule has 0 spiro atoms. The first-order valence-corrected chi connectivity index (χ1v) is 11.6. The fourth-order valence-electron chi connectivity index (χ4n) is 3.25. The molecular weight excluding hydrogens is 436 g/mol. The summed E-state index contributed by atoms with van der Waals surface area (Å²) in [6.07, 6.45) is 0.982. The second kappa shape index (κ2) is 8.03. The Bertz CT molecular complexity index is 1140. The van der Waals surface area contributed by atoms with Crippen LogP contribution in [0.5, 0.6) is 11.5 Å². The van der Waals surface area contributed by atoms with Crippen LogP contribution in [0.3, 0.4) is 0 Å². The van der Waals surface area contributed by atoms with Crippen molar-refractivity contribution < 1.29 is 32.4 Å². The van der Waals surface area contributed by atoms with E-state index in [0.717, 1.165) is 11.2 Å². The lowest BCUT2D eigenvalue weighted by atomic mass is 10.1. The first kappa shape index (κ1) is 21.7. The fraction of sp³-hybridized carbons (Fsp3) is 0.333. The SMILES string of the molecule is CCOc1cc(C(CS(C)(=O)=O)N2C(=O)c3csc([N+](=O)[O-])c3C2=O)ccc1OC. The van der Waals surface area contributed by atoms with Crippen molar-refractivity contribution in [2.24, 2.45) is 0 Å². The highest BCUT2D eigenvalue weighted by Gasteiger charge is 2.47. The molecule has 2 aromatic rings. The maximum absolute atomic E-state index is 13.0. The summed E-state index contributed by atoms with van der Waals surface area (Å²) in [5.41, 5.74) is -0.0938. The highest BCUT2D eigenvalue weighted by atomic mass is 32.2. The molecule has 1 aliphatic heterocycles. The second-order valence-corrected chi connectivity index (χ2v) is 9.56. The number of imide groups is 1. The van der Waals surface area contributed by atoms with E-state index in [2.05, 4.69) is 0 Å². The van der Waals surface area contributed by atoms with E-state index < -0.39 is 43.4 Å². The van der Waals surface area contributed by atoms with Gasteiger partial charge in [-0.2, -0.15) is 0 Å². The molecule has 1 aromatic carbocycles. The highest BCUT2D eigenvalue weighted by Crippen LogP contribution is 2.41. The summed E-state index contributed by atoms with van der Waals surface area (Å²) < 4.78 is 34.9. The minimum absolute atomic E-state index is 0.103. The third-order valence-corrected chi connectivity index (χ3v) is 6.32. The van der Waals surface area contributed by atoms with E-state index in [1.807, 2.05) is 0 Å². The number of nitro groups is 1. The fourth-order valence-corrected chi connectivity index (χ4v) is 5.01. The molecule has 0 bridgehead atoms. The number of thiophene rings is 1. The van der Waals surface area contributed by atoms with Gasteiger partial charge in [-0.3, -0.25) is 24.6 Å². The first-order valence-electron chi connectivity index (χ1n) is 8.71. The van der Waals surface area contributed by atoms with Crippen LogP contribution in [0.15, 0.2) is 23.6 Å². The Labute approximate surface area is 176 Å². The van der Waals surface area contributed by atoms with Crippen molar-refractivity contribution in [3.63, 3.8) is 0 Å². The largest absolute Gasteiger partial charge is 0.493 e. The molecule has 0 saturated heterocycles. The Morgan fingerprint density at radius 3 is 2.50 bits per heavy atom. The summed E-state index contributed by atoms with van der Waals surface area (Å²) in [4.78, 5) is 37.2. The van der Waals surface area contributed by atoms with Gasteiger partial charge in [-0.1, -0.05) is 17.4 Å². The van der Waals surface area contributed by atoms with Gasteiger partial charge in [0.1, 0.15) is 15.4 Å². The van der Waals surface area contributed by atoms with Crippen LogP contribution < -0.4 is 9.47 Å². The second-order valence-electron chi connectivity index (χ2n) is 6.52. The normalized spacial score (nSPS) is 14.6. The van der Waals surface area contributed by atoms with Gasteiger partial charge in [0.25, 0.3) is 11.8 Å². The van der Waals surface area contributed by atoms with Crippen molar-refractivity contribution in [2.45, 2.75) is 13.0 Å². The van der Waals surface area contributed by atoms with Gasteiger partial charge >= 0.3 is 5.00 Å². The van der Waals surface area contributed by atoms with Crippen LogP contribution >= 0.6 is 11.3 Å². The number of carbonyl (C=O) groups is 2. The van der Waals surface area contributed by atoms with E-state index in [0.29, 0.717) is 35.0 Å². The summed E-state index contributed by atoms with van der Waals surface area (Å²) in [6.45, 7) is 2.06. The maximum atomic E-state index is 13.0. The van der Waals surface area contributed by atoms with Crippen molar-refractivity contribution in [2.75, 3.05) is 25.7 Å². The Kier molecular flexibility index (Phi) is 5.81. The van der Waals surface area contributed by atoms with E-state index in [4.69, 9.17) is 9.47 Å². The molecule has 10 nitrogen and oxygen atoms in total. The monoisotopic (exact) mass is 454 g/mol. The number of fused-ring (bicyclic) bond motifs is 1. The summed E-state index contributed by atoms with van der Waals surface area (Å²) in [7, 11) is -2.20. The number of hydrogen-bond donors (Lipinski definition) is 0. The number of benzene rings is 1. The number of methoxy groups -OCH3 is 1. The molecule has 1 unspecified atom stereocenters. The van der Waals surface area contributed by atoms with E-state index in [9.17, 15) is 28.1 Å². The molecule has 30 heavy (non-hydrogen) atoms. The summed E-state index contributed by atoms with van der Waals surface area (Å²) >= 11 is 0.682. The van der Waals surface area contributed by atoms with Gasteiger partial charge in [0.05, 0.1) is 36.0 Å². The van der Waals surface area contributed by atoms with Crippen LogP contribution in [0.25, 0.3) is 0 Å². The van der Waals surface area contributed by atoms with Crippen molar-refractivity contribution in [3.05, 3.63) is 50.4 Å². The lowest BCUT2D eigenvalue weighted by Gasteiger charge is -2.26. The first-order chi connectivity index (χ1) is 14.1. The summed E-state index contributed by atoms with van der Waals surface area (Å²) in [5, 5.41) is 12.0. The smallest absolute Gasteiger partial charge is 0.337 e. The molecule has 3 rings (SSSR count). The number of nitrogens with zero attached hydrogens (tertiary/aromatic N) is 2. The molecule has 0 radical (unpaired) electrons. The lowest BCUT2D eigenvalue weighted by Crippen LogP contribution is -2.38. The number of sulfone groups is 1. The third-order valence-electron chi connectivity index (χ3n) is 4.46. The van der Waals surface area contributed by atoms with E-state index >= 15 is 0 Å². The highest BCUT2D eigenvalue weighted by molar-refractivity contribution is 7.90. The number of ether oxygens (including phenoxy) is 2. The zero-order valence-electron chi connectivity index (χ0n) is 16.3. The number of amides is 2. The molecule has 2 heterocycles. The van der Waals surface area contributed by atoms with Crippen LogP contribution in [-0.2, 0) is 9.84 Å². The molecule has 0 saturated carbocycles. The number of rotatable bonds is 8. The zero-order chi connectivity index (χ0) is 22.2. The molecule has 0 N–H and O–H groups in total. The Morgan fingerprint density at radius 2 is 1.93 bits per heavy atom. The number of hydrogen-bond acceptors (Lipinski definition) is 9. The van der Waals surface area contributed by atoms with Crippen molar-refractivity contribution in [3.8, 4) is 11.5 Å². The van der Waals surface area contributed by atoms with Crippen LogP contribution in [0.4, 0.5) is 5.00 Å². The molecule has 12 heteroatoms. The van der Waals surface area contributed by atoms with Crippen LogP contribution in [0, 0.1) is 10.1 Å². The van der Waals surface area contributed by atoms with Crippen molar-refractivity contribution >= 4 is 38.0 Å².